The second-order valence-corrected chi connectivity index (χ2v) is 9.69. The fourth-order valence-electron chi connectivity index (χ4n) is 4.27. The molecule has 0 fully saturated rings. The molecule has 0 atom stereocenters. The van der Waals surface area contributed by atoms with Crippen LogP contribution in [0.15, 0.2) is 65.8 Å². The van der Waals surface area contributed by atoms with Crippen LogP contribution >= 0.6 is 0 Å². The summed E-state index contributed by atoms with van der Waals surface area (Å²) >= 11 is 0. The van der Waals surface area contributed by atoms with Crippen molar-refractivity contribution in [3.05, 3.63) is 81.9 Å². The molecule has 4 rings (SSSR count). The zero-order valence-corrected chi connectivity index (χ0v) is 20.7. The van der Waals surface area contributed by atoms with E-state index in [1.807, 2.05) is 12.1 Å². The van der Waals surface area contributed by atoms with Crippen LogP contribution in [0.3, 0.4) is 0 Å². The number of nitro benzene ring substituents is 1. The van der Waals surface area contributed by atoms with Crippen LogP contribution in [0.2, 0.25) is 0 Å². The topological polar surface area (TPSA) is 86.7 Å². The molecule has 0 N–H and O–H groups in total. The summed E-state index contributed by atoms with van der Waals surface area (Å²) in [6.45, 7) is 9.93. The standard InChI is InChI=1S/C28H29N3O4/c1-6-7-25(29-35-18(2)32)19-8-14-26-23(16-19)24-17-20(28(3,4)5)9-15-27(24)30(26)21-10-12-22(13-11-21)31(33)34/h8-17H,6-7H2,1-5H3/b29-25+. The number of non-ortho nitro benzene ring substituents is 1. The first-order chi connectivity index (χ1) is 16.6. The van der Waals surface area contributed by atoms with E-state index >= 15 is 0 Å². The molecule has 0 bridgehead atoms. The zero-order valence-electron chi connectivity index (χ0n) is 20.7. The Balaban J connectivity index is 1.99. The first-order valence-corrected chi connectivity index (χ1v) is 11.7. The van der Waals surface area contributed by atoms with Crippen LogP contribution < -0.4 is 0 Å². The van der Waals surface area contributed by atoms with Gasteiger partial charge in [-0.1, -0.05) is 51.4 Å². The van der Waals surface area contributed by atoms with Crippen molar-refractivity contribution in [3.8, 4) is 5.69 Å². The lowest BCUT2D eigenvalue weighted by molar-refractivity contribution is -0.384. The summed E-state index contributed by atoms with van der Waals surface area (Å²) in [6, 6.07) is 19.1. The van der Waals surface area contributed by atoms with Crippen molar-refractivity contribution in [2.45, 2.75) is 52.9 Å². The van der Waals surface area contributed by atoms with Crippen LogP contribution in [0.5, 0.6) is 0 Å². The second-order valence-electron chi connectivity index (χ2n) is 9.69. The minimum absolute atomic E-state index is 0.0300. The maximum absolute atomic E-state index is 11.4. The molecular formula is C28H29N3O4. The number of benzene rings is 3. The first-order valence-electron chi connectivity index (χ1n) is 11.7. The van der Waals surface area contributed by atoms with Gasteiger partial charge >= 0.3 is 5.97 Å². The normalized spacial score (nSPS) is 12.3. The van der Waals surface area contributed by atoms with Crippen molar-refractivity contribution < 1.29 is 14.6 Å². The van der Waals surface area contributed by atoms with E-state index in [1.165, 1.54) is 24.6 Å². The fourth-order valence-corrected chi connectivity index (χ4v) is 4.27. The van der Waals surface area contributed by atoms with Gasteiger partial charge in [-0.2, -0.15) is 0 Å². The molecule has 0 amide bonds. The SMILES string of the molecule is CCC/C(=N\OC(C)=O)c1ccc2c(c1)c1cc(C(C)(C)C)ccc1n2-c1ccc([N+](=O)[O-])cc1. The Hall–Kier alpha value is -4.00. The summed E-state index contributed by atoms with van der Waals surface area (Å²) in [5.74, 6) is -0.454. The predicted molar refractivity (Wildman–Crippen MR) is 139 cm³/mol. The van der Waals surface area contributed by atoms with Gasteiger partial charge in [-0.15, -0.1) is 0 Å². The highest BCUT2D eigenvalue weighted by atomic mass is 16.7. The highest BCUT2D eigenvalue weighted by Gasteiger charge is 2.19. The summed E-state index contributed by atoms with van der Waals surface area (Å²) in [4.78, 5) is 27.1. The van der Waals surface area contributed by atoms with E-state index in [4.69, 9.17) is 4.84 Å². The molecule has 3 aromatic carbocycles. The number of nitro groups is 1. The molecule has 7 heteroatoms. The van der Waals surface area contributed by atoms with Gasteiger partial charge in [0, 0.05) is 41.1 Å². The van der Waals surface area contributed by atoms with E-state index in [1.54, 1.807) is 12.1 Å². The molecular weight excluding hydrogens is 442 g/mol. The van der Waals surface area contributed by atoms with E-state index in [0.717, 1.165) is 39.5 Å². The Labute approximate surface area is 204 Å². The average molecular weight is 472 g/mol. The van der Waals surface area contributed by atoms with E-state index in [0.29, 0.717) is 12.1 Å². The molecule has 7 nitrogen and oxygen atoms in total. The van der Waals surface area contributed by atoms with Gasteiger partial charge in [0.1, 0.15) is 0 Å². The molecule has 1 aromatic heterocycles. The van der Waals surface area contributed by atoms with Crippen molar-refractivity contribution in [3.63, 3.8) is 0 Å². The van der Waals surface area contributed by atoms with Gasteiger partial charge < -0.3 is 9.40 Å². The van der Waals surface area contributed by atoms with Gasteiger partial charge in [0.15, 0.2) is 0 Å². The number of nitrogens with zero attached hydrogens (tertiary/aromatic N) is 3. The van der Waals surface area contributed by atoms with Gasteiger partial charge in [-0.3, -0.25) is 10.1 Å². The molecule has 4 aromatic rings. The summed E-state index contributed by atoms with van der Waals surface area (Å²) in [7, 11) is 0. The number of aromatic nitrogens is 1. The minimum atomic E-state index is -0.454. The van der Waals surface area contributed by atoms with Crippen molar-refractivity contribution in [2.75, 3.05) is 0 Å². The van der Waals surface area contributed by atoms with E-state index < -0.39 is 10.9 Å². The van der Waals surface area contributed by atoms with E-state index in [2.05, 4.69) is 61.7 Å². The van der Waals surface area contributed by atoms with Crippen molar-refractivity contribution in [1.29, 1.82) is 0 Å². The third-order valence-electron chi connectivity index (χ3n) is 6.05. The van der Waals surface area contributed by atoms with E-state index in [-0.39, 0.29) is 11.1 Å². The van der Waals surface area contributed by atoms with Gasteiger partial charge in [0.05, 0.1) is 21.7 Å². The lowest BCUT2D eigenvalue weighted by Crippen LogP contribution is -2.10. The smallest absolute Gasteiger partial charge is 0.318 e. The van der Waals surface area contributed by atoms with Crippen LogP contribution in [-0.4, -0.2) is 21.2 Å². The second kappa shape index (κ2) is 9.33. The maximum Gasteiger partial charge on any atom is 0.331 e. The van der Waals surface area contributed by atoms with Crippen LogP contribution in [0.4, 0.5) is 5.69 Å². The quantitative estimate of drug-likeness (QED) is 0.130. The summed E-state index contributed by atoms with van der Waals surface area (Å²) in [5, 5.41) is 17.4. The molecule has 0 spiro atoms. The highest BCUT2D eigenvalue weighted by Crippen LogP contribution is 2.36. The Morgan fingerprint density at radius 1 is 1.00 bits per heavy atom. The lowest BCUT2D eigenvalue weighted by atomic mass is 9.86. The molecule has 0 aliphatic carbocycles. The Kier molecular flexibility index (Phi) is 6.43. The molecule has 1 heterocycles. The Bertz CT molecular complexity index is 1460. The fraction of sp³-hybridized carbons (Fsp3) is 0.286. The Morgan fingerprint density at radius 3 is 2.20 bits per heavy atom. The van der Waals surface area contributed by atoms with Crippen molar-refractivity contribution >= 4 is 39.2 Å². The third kappa shape index (κ3) is 4.80. The molecule has 0 saturated heterocycles. The third-order valence-corrected chi connectivity index (χ3v) is 6.05. The summed E-state index contributed by atoms with van der Waals surface area (Å²) < 4.78 is 2.12. The van der Waals surface area contributed by atoms with E-state index in [9.17, 15) is 14.9 Å². The molecule has 0 unspecified atom stereocenters. The number of carbonyl (C=O) groups excluding carboxylic acids is 1. The number of oxime groups is 1. The van der Waals surface area contributed by atoms with Crippen molar-refractivity contribution in [1.82, 2.24) is 4.57 Å². The van der Waals surface area contributed by atoms with Gasteiger partial charge in [-0.25, -0.2) is 4.79 Å². The average Bonchev–Trinajstić information content (AvgIpc) is 3.14. The van der Waals surface area contributed by atoms with Crippen LogP contribution in [0, 0.1) is 10.1 Å². The molecule has 35 heavy (non-hydrogen) atoms. The van der Waals surface area contributed by atoms with Gasteiger partial charge in [-0.05, 0) is 53.8 Å². The van der Waals surface area contributed by atoms with Crippen LogP contribution in [0.1, 0.15) is 58.6 Å². The number of hydrogen-bond donors (Lipinski definition) is 0. The highest BCUT2D eigenvalue weighted by molar-refractivity contribution is 6.12. The maximum atomic E-state index is 11.4. The number of rotatable bonds is 6. The van der Waals surface area contributed by atoms with Crippen molar-refractivity contribution in [2.24, 2.45) is 5.16 Å². The van der Waals surface area contributed by atoms with Gasteiger partial charge in [0.2, 0.25) is 0 Å². The molecule has 0 aliphatic heterocycles. The number of fused-ring (bicyclic) bond motifs is 3. The Morgan fingerprint density at radius 2 is 1.63 bits per heavy atom. The van der Waals surface area contributed by atoms with Crippen LogP contribution in [-0.2, 0) is 15.0 Å². The zero-order chi connectivity index (χ0) is 25.3. The number of hydrogen-bond acceptors (Lipinski definition) is 5. The predicted octanol–water partition coefficient (Wildman–Crippen LogP) is 7.06. The van der Waals surface area contributed by atoms with Gasteiger partial charge in [0.25, 0.3) is 5.69 Å². The first kappa shape index (κ1) is 24.1. The summed E-state index contributed by atoms with van der Waals surface area (Å²) in [5.41, 5.74) is 5.67. The molecule has 0 saturated carbocycles. The molecule has 180 valence electrons. The minimum Gasteiger partial charge on any atom is -0.318 e. The monoisotopic (exact) mass is 471 g/mol. The summed E-state index contributed by atoms with van der Waals surface area (Å²) in [6.07, 6.45) is 1.53. The molecule has 0 aliphatic rings. The molecule has 0 radical (unpaired) electrons. The number of carbonyl (C=O) groups is 1. The largest absolute Gasteiger partial charge is 0.331 e. The van der Waals surface area contributed by atoms with Crippen LogP contribution in [0.25, 0.3) is 27.5 Å². The lowest BCUT2D eigenvalue weighted by Gasteiger charge is -2.19.